The van der Waals surface area contributed by atoms with Gasteiger partial charge in [-0.1, -0.05) is 0 Å². The fourth-order valence-electron chi connectivity index (χ4n) is 0. The first kappa shape index (κ1) is 22.5. The first-order valence-corrected chi connectivity index (χ1v) is 1.26. The van der Waals surface area contributed by atoms with Crippen molar-refractivity contribution in [3.8, 4) is 0 Å². The number of carboxylic acid groups (broad SMARTS) is 4. The van der Waals surface area contributed by atoms with Crippen molar-refractivity contribution in [3.63, 3.8) is 0 Å². The van der Waals surface area contributed by atoms with Gasteiger partial charge in [-0.2, -0.15) is 0 Å². The summed E-state index contributed by atoms with van der Waals surface area (Å²) in [5.41, 5.74) is 0. The van der Waals surface area contributed by atoms with Gasteiger partial charge in [0, 0.05) is 0 Å². The van der Waals surface area contributed by atoms with Crippen LogP contribution in [0, 0.1) is 0 Å². The van der Waals surface area contributed by atoms with Crippen molar-refractivity contribution in [1.82, 2.24) is 0 Å². The van der Waals surface area contributed by atoms with Crippen LogP contribution in [0.25, 0.3) is 0 Å². The van der Waals surface area contributed by atoms with Crippen molar-refractivity contribution < 1.29 is 82.8 Å². The van der Waals surface area contributed by atoms with Crippen molar-refractivity contribution in [2.75, 3.05) is 0 Å². The van der Waals surface area contributed by atoms with Crippen LogP contribution in [-0.2, 0) is 0 Å². The van der Waals surface area contributed by atoms with Gasteiger partial charge in [0.15, 0.2) is 0 Å². The van der Waals surface area contributed by atoms with E-state index in [1.54, 1.807) is 0 Å². The molecule has 0 aliphatic carbocycles. The van der Waals surface area contributed by atoms with Gasteiger partial charge >= 0.3 is 88.5 Å². The van der Waals surface area contributed by atoms with Crippen LogP contribution in [-0.4, -0.2) is 52.1 Å². The number of hydrogen-bond donors (Lipinski definition) is 2. The van der Waals surface area contributed by atoms with E-state index in [2.05, 4.69) is 0 Å². The second-order valence-electron chi connectivity index (χ2n) is 0.533. The third kappa shape index (κ3) is 443. The zero-order valence-electron chi connectivity index (χ0n) is 5.53. The van der Waals surface area contributed by atoms with E-state index in [0.717, 1.165) is 0 Å². The minimum atomic E-state index is -2.33. The van der Waals surface area contributed by atoms with E-state index >= 15 is 0 Å². The fourth-order valence-corrected chi connectivity index (χ4v) is 0. The Kier molecular flexibility index (Phi) is 37.4. The minimum absolute atomic E-state index is 0. The van der Waals surface area contributed by atoms with Gasteiger partial charge in [0.1, 0.15) is 0 Å². The van der Waals surface area contributed by atoms with Gasteiger partial charge in [0.2, 0.25) is 0 Å². The molecule has 0 aromatic heterocycles. The summed E-state index contributed by atoms with van der Waals surface area (Å²) in [4.78, 5) is 16.9. The van der Waals surface area contributed by atoms with Gasteiger partial charge in [-0.25, -0.2) is 4.79 Å². The molecule has 10 heavy (non-hydrogen) atoms. The summed E-state index contributed by atoms with van der Waals surface area (Å²) in [6, 6.07) is 0. The number of hydrogen-bond acceptors (Lipinski definition) is 4. The van der Waals surface area contributed by atoms with Crippen molar-refractivity contribution in [2.45, 2.75) is 0 Å². The molecule has 0 bridgehead atoms. The van der Waals surface area contributed by atoms with Crippen molar-refractivity contribution >= 4 is 41.9 Å². The summed E-state index contributed by atoms with van der Waals surface area (Å²) in [5, 5.41) is 30.6. The molecule has 0 spiro atoms. The van der Waals surface area contributed by atoms with Crippen molar-refractivity contribution in [3.05, 3.63) is 0 Å². The van der Waals surface area contributed by atoms with Gasteiger partial charge in [-0.3, -0.25) is 0 Å². The summed E-state index contributed by atoms with van der Waals surface area (Å²) in [7, 11) is 0. The average molecular weight is 186 g/mol. The molecule has 50 valence electrons. The topological polar surface area (TPSA) is 121 Å². The fraction of sp³-hybridized carbons (Fsp3) is 0. The molecule has 0 aliphatic rings. The Morgan fingerprint density at radius 3 is 1.20 bits per heavy atom. The molecule has 0 radical (unpaired) electrons. The summed E-state index contributed by atoms with van der Waals surface area (Å²) in [5.74, 6) is 0. The molecule has 0 atom stereocenters. The van der Waals surface area contributed by atoms with Crippen molar-refractivity contribution in [2.24, 2.45) is 0 Å². The second-order valence-corrected chi connectivity index (χ2v) is 0.533. The Hall–Kier alpha value is 1.18. The Morgan fingerprint density at radius 2 is 1.20 bits per heavy atom. The molecule has 0 amide bonds. The molecule has 0 fully saturated rings. The zero-order chi connectivity index (χ0) is 7.15. The van der Waals surface area contributed by atoms with Crippen LogP contribution in [0.15, 0.2) is 0 Å². The number of carbonyl (C=O) groups is 2. The SMILES string of the molecule is O=C(O)O.O=C([O-])[O-].[H+].[K+].[NaH]. The second kappa shape index (κ2) is 16.6. The Labute approximate surface area is 122 Å². The number of rotatable bonds is 0. The summed E-state index contributed by atoms with van der Waals surface area (Å²) < 4.78 is 0. The quantitative estimate of drug-likeness (QED) is 0.363. The summed E-state index contributed by atoms with van der Waals surface area (Å²) in [6.07, 6.45) is -4.17. The molecule has 0 heterocycles. The van der Waals surface area contributed by atoms with E-state index in [0.29, 0.717) is 0 Å². The van der Waals surface area contributed by atoms with Gasteiger partial charge in [0.05, 0.1) is 0 Å². The normalized spacial score (nSPS) is 4.80. The molecule has 0 saturated carbocycles. The van der Waals surface area contributed by atoms with E-state index < -0.39 is 12.3 Å². The van der Waals surface area contributed by atoms with E-state index in [4.69, 9.17) is 30.0 Å². The van der Waals surface area contributed by atoms with Gasteiger partial charge in [-0.15, -0.1) is 0 Å². The van der Waals surface area contributed by atoms with E-state index in [1.165, 1.54) is 0 Å². The van der Waals surface area contributed by atoms with E-state index in [-0.39, 0.29) is 82.4 Å². The van der Waals surface area contributed by atoms with E-state index in [1.807, 2.05) is 0 Å². The first-order chi connectivity index (χ1) is 3.46. The van der Waals surface area contributed by atoms with Crippen LogP contribution in [0.1, 0.15) is 1.43 Å². The maximum absolute atomic E-state index is 8.56. The Balaban J connectivity index is -0.0000000171. The molecular weight excluding hydrogens is 182 g/mol. The average Bonchev–Trinajstić information content (AvgIpc) is 1.25. The van der Waals surface area contributed by atoms with Crippen molar-refractivity contribution in [1.29, 1.82) is 0 Å². The van der Waals surface area contributed by atoms with Gasteiger partial charge in [0.25, 0.3) is 0 Å². The van der Waals surface area contributed by atoms with E-state index in [9.17, 15) is 0 Å². The molecular formula is C2H4KNaO6. The third-order valence-corrected chi connectivity index (χ3v) is 0. The maximum atomic E-state index is 8.56. The van der Waals surface area contributed by atoms with Gasteiger partial charge < -0.3 is 25.2 Å². The van der Waals surface area contributed by atoms with Crippen LogP contribution in [0.5, 0.6) is 0 Å². The third-order valence-electron chi connectivity index (χ3n) is 0. The number of carbonyl (C=O) groups excluding carboxylic acids is 1. The molecule has 0 aromatic carbocycles. The molecule has 0 aliphatic heterocycles. The molecule has 0 aromatic rings. The Morgan fingerprint density at radius 1 is 1.20 bits per heavy atom. The molecule has 2 N–H and O–H groups in total. The van der Waals surface area contributed by atoms with Crippen LogP contribution in [0.3, 0.4) is 0 Å². The van der Waals surface area contributed by atoms with Gasteiger partial charge in [-0.05, 0) is 6.16 Å². The van der Waals surface area contributed by atoms with Crippen LogP contribution in [0.2, 0.25) is 0 Å². The van der Waals surface area contributed by atoms with Crippen LogP contribution in [0.4, 0.5) is 9.59 Å². The standard InChI is InChI=1S/2CH2O3.K.Na.H/c2*2-1(3)4;;;/h2*(H2,2,3,4);;;/q;;+1;;/p-1. The van der Waals surface area contributed by atoms with Crippen LogP contribution >= 0.6 is 0 Å². The Bertz CT molecular complexity index is 78.6. The molecule has 0 unspecified atom stereocenters. The molecule has 0 rings (SSSR count). The molecule has 8 heteroatoms. The monoisotopic (exact) mass is 186 g/mol. The predicted octanol–water partition coefficient (Wildman–Crippen LogP) is -5.76. The summed E-state index contributed by atoms with van der Waals surface area (Å²) >= 11 is 0. The summed E-state index contributed by atoms with van der Waals surface area (Å²) in [6.45, 7) is 0. The zero-order valence-corrected chi connectivity index (χ0v) is 7.65. The molecule has 6 nitrogen and oxygen atoms in total. The predicted molar refractivity (Wildman–Crippen MR) is 24.3 cm³/mol. The molecule has 0 saturated heterocycles. The van der Waals surface area contributed by atoms with Crippen LogP contribution < -0.4 is 61.6 Å². The first-order valence-electron chi connectivity index (χ1n) is 1.26.